The molecule has 6 heteroatoms. The van der Waals surface area contributed by atoms with E-state index in [2.05, 4.69) is 10.2 Å². The van der Waals surface area contributed by atoms with E-state index in [-0.39, 0.29) is 5.56 Å². The Balaban J connectivity index is 2.39. The van der Waals surface area contributed by atoms with E-state index in [1.165, 1.54) is 0 Å². The fourth-order valence-electron chi connectivity index (χ4n) is 2.13. The molecule has 0 amide bonds. The Morgan fingerprint density at radius 2 is 2.00 bits per heavy atom. The van der Waals surface area contributed by atoms with Crippen LogP contribution in [0.4, 0.5) is 0 Å². The highest BCUT2D eigenvalue weighted by Crippen LogP contribution is 2.14. The molecule has 0 saturated heterocycles. The van der Waals surface area contributed by atoms with Gasteiger partial charge in [-0.1, -0.05) is 0 Å². The summed E-state index contributed by atoms with van der Waals surface area (Å²) in [5.74, 6) is -0.933. The molecule has 0 aliphatic carbocycles. The number of carbonyl (C=O) groups is 1. The van der Waals surface area contributed by atoms with E-state index in [0.29, 0.717) is 17.9 Å². The third-order valence-corrected chi connectivity index (χ3v) is 3.01. The van der Waals surface area contributed by atoms with Crippen molar-refractivity contribution in [3.63, 3.8) is 0 Å². The van der Waals surface area contributed by atoms with E-state index in [9.17, 15) is 4.79 Å². The molecule has 18 heavy (non-hydrogen) atoms. The molecular weight excluding hydrogens is 232 g/mol. The van der Waals surface area contributed by atoms with Crippen LogP contribution >= 0.6 is 0 Å². The van der Waals surface area contributed by atoms with Gasteiger partial charge in [-0.15, -0.1) is 0 Å². The van der Waals surface area contributed by atoms with Crippen molar-refractivity contribution in [3.8, 4) is 0 Å². The zero-order valence-corrected chi connectivity index (χ0v) is 10.9. The van der Waals surface area contributed by atoms with Gasteiger partial charge in [-0.2, -0.15) is 10.2 Å². The number of rotatable bonds is 3. The van der Waals surface area contributed by atoms with Gasteiger partial charge < -0.3 is 5.11 Å². The van der Waals surface area contributed by atoms with Crippen LogP contribution in [-0.2, 0) is 13.6 Å². The molecular formula is C12H16N4O2. The fourth-order valence-corrected chi connectivity index (χ4v) is 2.13. The van der Waals surface area contributed by atoms with Crippen LogP contribution < -0.4 is 0 Å². The van der Waals surface area contributed by atoms with Gasteiger partial charge in [-0.25, -0.2) is 4.79 Å². The van der Waals surface area contributed by atoms with Gasteiger partial charge in [0, 0.05) is 7.05 Å². The minimum Gasteiger partial charge on any atom is -0.478 e. The van der Waals surface area contributed by atoms with Crippen molar-refractivity contribution in [2.24, 2.45) is 7.05 Å². The molecule has 2 aromatic heterocycles. The summed E-state index contributed by atoms with van der Waals surface area (Å²) in [6.45, 7) is 5.93. The summed E-state index contributed by atoms with van der Waals surface area (Å²) in [7, 11) is 1.87. The Labute approximate surface area is 105 Å². The topological polar surface area (TPSA) is 72.9 Å². The first kappa shape index (κ1) is 12.3. The van der Waals surface area contributed by atoms with Gasteiger partial charge in [0.2, 0.25) is 0 Å². The molecule has 2 rings (SSSR count). The zero-order valence-electron chi connectivity index (χ0n) is 10.9. The molecule has 0 bridgehead atoms. The molecule has 0 aliphatic heterocycles. The van der Waals surface area contributed by atoms with Crippen LogP contribution in [0.15, 0.2) is 6.07 Å². The predicted molar refractivity (Wildman–Crippen MR) is 65.7 cm³/mol. The average Bonchev–Trinajstić information content (AvgIpc) is 2.69. The number of carboxylic acid groups (broad SMARTS) is 1. The van der Waals surface area contributed by atoms with Gasteiger partial charge in [-0.3, -0.25) is 9.36 Å². The third-order valence-electron chi connectivity index (χ3n) is 3.01. The highest BCUT2D eigenvalue weighted by molar-refractivity contribution is 5.90. The van der Waals surface area contributed by atoms with E-state index < -0.39 is 5.97 Å². The molecule has 0 radical (unpaired) electrons. The van der Waals surface area contributed by atoms with Gasteiger partial charge in [0.1, 0.15) is 5.56 Å². The fraction of sp³-hybridized carbons (Fsp3) is 0.417. The van der Waals surface area contributed by atoms with E-state index in [1.54, 1.807) is 23.2 Å². The van der Waals surface area contributed by atoms with E-state index in [1.807, 2.05) is 20.0 Å². The highest BCUT2D eigenvalue weighted by Gasteiger charge is 2.18. The van der Waals surface area contributed by atoms with Crippen molar-refractivity contribution in [1.82, 2.24) is 19.6 Å². The van der Waals surface area contributed by atoms with Crippen molar-refractivity contribution < 1.29 is 9.90 Å². The molecule has 0 unspecified atom stereocenters. The number of aromatic nitrogens is 4. The van der Waals surface area contributed by atoms with Crippen LogP contribution in [0.25, 0.3) is 0 Å². The van der Waals surface area contributed by atoms with Gasteiger partial charge in [0.15, 0.2) is 0 Å². The second kappa shape index (κ2) is 4.29. The highest BCUT2D eigenvalue weighted by atomic mass is 16.4. The monoisotopic (exact) mass is 248 g/mol. The molecule has 2 heterocycles. The normalized spacial score (nSPS) is 10.9. The average molecular weight is 248 g/mol. The lowest BCUT2D eigenvalue weighted by Gasteiger charge is -2.04. The van der Waals surface area contributed by atoms with Crippen LogP contribution in [0, 0.1) is 20.8 Å². The minimum absolute atomic E-state index is 0.286. The van der Waals surface area contributed by atoms with Gasteiger partial charge in [0.05, 0.1) is 29.3 Å². The van der Waals surface area contributed by atoms with Crippen molar-refractivity contribution in [2.45, 2.75) is 27.3 Å². The number of aryl methyl sites for hydroxylation is 3. The SMILES string of the molecule is Cc1cc(Cn2nc(C)c(C(=O)O)c2C)n(C)n1. The second-order valence-corrected chi connectivity index (χ2v) is 4.41. The number of hydrogen-bond acceptors (Lipinski definition) is 3. The minimum atomic E-state index is -0.933. The van der Waals surface area contributed by atoms with E-state index in [0.717, 1.165) is 11.4 Å². The van der Waals surface area contributed by atoms with Gasteiger partial charge in [0.25, 0.3) is 0 Å². The lowest BCUT2D eigenvalue weighted by molar-refractivity contribution is 0.0695. The summed E-state index contributed by atoms with van der Waals surface area (Å²) < 4.78 is 3.49. The Kier molecular flexibility index (Phi) is 2.94. The Morgan fingerprint density at radius 1 is 1.33 bits per heavy atom. The molecule has 0 aliphatic rings. The van der Waals surface area contributed by atoms with E-state index in [4.69, 9.17) is 5.11 Å². The van der Waals surface area contributed by atoms with Crippen molar-refractivity contribution >= 4 is 5.97 Å². The standard InChI is InChI=1S/C12H16N4O2/c1-7-5-10(15(4)13-7)6-16-9(3)11(12(17)18)8(2)14-16/h5H,6H2,1-4H3,(H,17,18). The summed E-state index contributed by atoms with van der Waals surface area (Å²) in [6, 6.07) is 1.97. The van der Waals surface area contributed by atoms with Crippen LogP contribution in [-0.4, -0.2) is 30.6 Å². The summed E-state index contributed by atoms with van der Waals surface area (Å²) >= 11 is 0. The predicted octanol–water partition coefficient (Wildman–Crippen LogP) is 1.29. The molecule has 2 aromatic rings. The second-order valence-electron chi connectivity index (χ2n) is 4.41. The molecule has 0 aromatic carbocycles. The summed E-state index contributed by atoms with van der Waals surface area (Å²) in [5, 5.41) is 17.6. The molecule has 96 valence electrons. The Morgan fingerprint density at radius 3 is 2.44 bits per heavy atom. The third kappa shape index (κ3) is 2.01. The lowest BCUT2D eigenvalue weighted by atomic mass is 10.2. The quantitative estimate of drug-likeness (QED) is 0.888. The first-order chi connectivity index (χ1) is 8.40. The van der Waals surface area contributed by atoms with Crippen LogP contribution in [0.2, 0.25) is 0 Å². The van der Waals surface area contributed by atoms with Gasteiger partial charge >= 0.3 is 5.97 Å². The number of carboxylic acids is 1. The molecule has 6 nitrogen and oxygen atoms in total. The molecule has 1 N–H and O–H groups in total. The molecule has 0 saturated carbocycles. The van der Waals surface area contributed by atoms with Crippen molar-refractivity contribution in [1.29, 1.82) is 0 Å². The Bertz CT molecular complexity index is 610. The smallest absolute Gasteiger partial charge is 0.339 e. The number of nitrogens with zero attached hydrogens (tertiary/aromatic N) is 4. The first-order valence-electron chi connectivity index (χ1n) is 5.67. The molecule has 0 spiro atoms. The zero-order chi connectivity index (χ0) is 13.4. The van der Waals surface area contributed by atoms with E-state index >= 15 is 0 Å². The summed E-state index contributed by atoms with van der Waals surface area (Å²) in [6.07, 6.45) is 0. The number of aromatic carboxylic acids is 1. The van der Waals surface area contributed by atoms with Crippen molar-refractivity contribution in [2.75, 3.05) is 0 Å². The number of hydrogen-bond donors (Lipinski definition) is 1. The first-order valence-corrected chi connectivity index (χ1v) is 5.67. The van der Waals surface area contributed by atoms with Crippen LogP contribution in [0.3, 0.4) is 0 Å². The van der Waals surface area contributed by atoms with Crippen LogP contribution in [0.1, 0.15) is 33.1 Å². The maximum atomic E-state index is 11.1. The maximum absolute atomic E-state index is 11.1. The van der Waals surface area contributed by atoms with Crippen LogP contribution in [0.5, 0.6) is 0 Å². The maximum Gasteiger partial charge on any atom is 0.339 e. The Hall–Kier alpha value is -2.11. The summed E-state index contributed by atoms with van der Waals surface area (Å²) in [5.41, 5.74) is 3.43. The largest absolute Gasteiger partial charge is 0.478 e. The summed E-state index contributed by atoms with van der Waals surface area (Å²) in [4.78, 5) is 11.1. The molecule has 0 fully saturated rings. The van der Waals surface area contributed by atoms with Gasteiger partial charge in [-0.05, 0) is 26.8 Å². The van der Waals surface area contributed by atoms with Crippen molar-refractivity contribution in [3.05, 3.63) is 34.4 Å². The lowest BCUT2D eigenvalue weighted by Crippen LogP contribution is -2.09. The molecule has 0 atom stereocenters.